The minimum Gasteiger partial charge on any atom is -0.348 e. The summed E-state index contributed by atoms with van der Waals surface area (Å²) in [6, 6.07) is 6.83. The van der Waals surface area contributed by atoms with E-state index < -0.39 is 0 Å². The molecule has 0 fully saturated rings. The molecule has 0 atom stereocenters. The number of nitrogens with zero attached hydrogens (tertiary/aromatic N) is 2. The molecule has 4 nitrogen and oxygen atoms in total. The lowest BCUT2D eigenvalue weighted by Crippen LogP contribution is -2.23. The van der Waals surface area contributed by atoms with Gasteiger partial charge in [-0.2, -0.15) is 5.10 Å². The summed E-state index contributed by atoms with van der Waals surface area (Å²) in [7, 11) is 1.90. The number of carbonyl (C=O) groups is 1. The number of carbonyl (C=O) groups excluding carboxylic acids is 1. The Kier molecular flexibility index (Phi) is 3.90. The molecule has 0 aliphatic carbocycles. The molecule has 1 amide bonds. The Bertz CT molecular complexity index is 602. The van der Waals surface area contributed by atoms with E-state index in [0.29, 0.717) is 17.1 Å². The second-order valence-corrected chi connectivity index (χ2v) is 4.90. The van der Waals surface area contributed by atoms with Crippen molar-refractivity contribution < 1.29 is 4.79 Å². The van der Waals surface area contributed by atoms with Crippen LogP contribution in [-0.4, -0.2) is 15.7 Å². The standard InChI is InChI=1S/C14H16ClN3O/c1-9-13(10(2)18(3)17-9)8-16-14(19)11-4-6-12(15)7-5-11/h4-7H,8H2,1-3H3,(H,16,19). The Morgan fingerprint density at radius 2 is 1.95 bits per heavy atom. The van der Waals surface area contributed by atoms with Gasteiger partial charge in [0.25, 0.3) is 5.91 Å². The highest BCUT2D eigenvalue weighted by Crippen LogP contribution is 2.12. The summed E-state index contributed by atoms with van der Waals surface area (Å²) < 4.78 is 1.82. The van der Waals surface area contributed by atoms with Crippen LogP contribution in [0.5, 0.6) is 0 Å². The van der Waals surface area contributed by atoms with Crippen LogP contribution in [0.4, 0.5) is 0 Å². The molecule has 0 aliphatic rings. The summed E-state index contributed by atoms with van der Waals surface area (Å²) in [6.07, 6.45) is 0. The molecule has 1 aromatic carbocycles. The minimum atomic E-state index is -0.112. The van der Waals surface area contributed by atoms with Crippen molar-refractivity contribution >= 4 is 17.5 Å². The second kappa shape index (κ2) is 5.45. The third kappa shape index (κ3) is 2.96. The highest BCUT2D eigenvalue weighted by molar-refractivity contribution is 6.30. The smallest absolute Gasteiger partial charge is 0.251 e. The predicted octanol–water partition coefficient (Wildman–Crippen LogP) is 2.62. The Hall–Kier alpha value is -1.81. The molecule has 0 bridgehead atoms. The van der Waals surface area contributed by atoms with Crippen molar-refractivity contribution in [2.24, 2.45) is 7.05 Å². The van der Waals surface area contributed by atoms with Gasteiger partial charge in [-0.15, -0.1) is 0 Å². The summed E-state index contributed by atoms with van der Waals surface area (Å²) in [5.41, 5.74) is 3.67. The van der Waals surface area contributed by atoms with Gasteiger partial charge < -0.3 is 5.32 Å². The van der Waals surface area contributed by atoms with Crippen molar-refractivity contribution in [3.8, 4) is 0 Å². The first kappa shape index (κ1) is 13.6. The van der Waals surface area contributed by atoms with Gasteiger partial charge in [0.15, 0.2) is 0 Å². The molecule has 0 saturated carbocycles. The number of aromatic nitrogens is 2. The minimum absolute atomic E-state index is 0.112. The molecular formula is C14H16ClN3O. The number of hydrogen-bond donors (Lipinski definition) is 1. The largest absolute Gasteiger partial charge is 0.348 e. The van der Waals surface area contributed by atoms with E-state index >= 15 is 0 Å². The van der Waals surface area contributed by atoms with Gasteiger partial charge in [0, 0.05) is 35.4 Å². The molecule has 0 radical (unpaired) electrons. The number of halogens is 1. The van der Waals surface area contributed by atoms with Gasteiger partial charge in [-0.05, 0) is 38.1 Å². The Labute approximate surface area is 117 Å². The average Bonchev–Trinajstić information content (AvgIpc) is 2.62. The van der Waals surface area contributed by atoms with Crippen LogP contribution in [0.1, 0.15) is 27.3 Å². The zero-order valence-electron chi connectivity index (χ0n) is 11.2. The van der Waals surface area contributed by atoms with Crippen molar-refractivity contribution in [3.05, 3.63) is 51.8 Å². The molecule has 0 unspecified atom stereocenters. The van der Waals surface area contributed by atoms with Crippen LogP contribution >= 0.6 is 11.6 Å². The van der Waals surface area contributed by atoms with Crippen LogP contribution in [0.2, 0.25) is 5.02 Å². The van der Waals surface area contributed by atoms with Crippen molar-refractivity contribution in [2.75, 3.05) is 0 Å². The molecule has 19 heavy (non-hydrogen) atoms. The predicted molar refractivity (Wildman–Crippen MR) is 75.3 cm³/mol. The number of rotatable bonds is 3. The fourth-order valence-electron chi connectivity index (χ4n) is 1.95. The third-order valence-electron chi connectivity index (χ3n) is 3.19. The first-order valence-corrected chi connectivity index (χ1v) is 6.39. The van der Waals surface area contributed by atoms with E-state index in [1.54, 1.807) is 24.3 Å². The fraction of sp³-hybridized carbons (Fsp3) is 0.286. The van der Waals surface area contributed by atoms with Crippen LogP contribution < -0.4 is 5.32 Å². The van der Waals surface area contributed by atoms with Gasteiger partial charge in [-0.3, -0.25) is 9.48 Å². The SMILES string of the molecule is Cc1nn(C)c(C)c1CNC(=O)c1ccc(Cl)cc1. The normalized spacial score (nSPS) is 10.5. The van der Waals surface area contributed by atoms with Crippen molar-refractivity contribution in [1.82, 2.24) is 15.1 Å². The van der Waals surface area contributed by atoms with E-state index in [0.717, 1.165) is 17.0 Å². The number of amides is 1. The van der Waals surface area contributed by atoms with Crippen molar-refractivity contribution in [1.29, 1.82) is 0 Å². The first-order valence-electron chi connectivity index (χ1n) is 6.02. The molecule has 1 heterocycles. The van der Waals surface area contributed by atoms with Gasteiger partial charge in [0.2, 0.25) is 0 Å². The van der Waals surface area contributed by atoms with E-state index in [1.165, 1.54) is 0 Å². The maximum absolute atomic E-state index is 12.0. The van der Waals surface area contributed by atoms with Gasteiger partial charge in [-0.25, -0.2) is 0 Å². The van der Waals surface area contributed by atoms with Crippen molar-refractivity contribution in [2.45, 2.75) is 20.4 Å². The van der Waals surface area contributed by atoms with Crippen LogP contribution in [0.15, 0.2) is 24.3 Å². The third-order valence-corrected chi connectivity index (χ3v) is 3.44. The monoisotopic (exact) mass is 277 g/mol. The molecule has 1 N–H and O–H groups in total. The molecule has 5 heteroatoms. The molecule has 100 valence electrons. The van der Waals surface area contributed by atoms with Crippen LogP contribution in [-0.2, 0) is 13.6 Å². The molecule has 0 saturated heterocycles. The quantitative estimate of drug-likeness (QED) is 0.937. The zero-order chi connectivity index (χ0) is 14.0. The fourth-order valence-corrected chi connectivity index (χ4v) is 2.07. The summed E-state index contributed by atoms with van der Waals surface area (Å²) in [4.78, 5) is 12.0. The maximum Gasteiger partial charge on any atom is 0.251 e. The molecule has 2 rings (SSSR count). The second-order valence-electron chi connectivity index (χ2n) is 4.46. The highest BCUT2D eigenvalue weighted by atomic mass is 35.5. The number of hydrogen-bond acceptors (Lipinski definition) is 2. The van der Waals surface area contributed by atoms with Gasteiger partial charge in [0.05, 0.1) is 5.69 Å². The zero-order valence-corrected chi connectivity index (χ0v) is 12.0. The number of nitrogens with one attached hydrogen (secondary N) is 1. The topological polar surface area (TPSA) is 46.9 Å². The van der Waals surface area contributed by atoms with E-state index in [-0.39, 0.29) is 5.91 Å². The molecule has 0 aliphatic heterocycles. The lowest BCUT2D eigenvalue weighted by molar-refractivity contribution is 0.0951. The Morgan fingerprint density at radius 3 is 2.47 bits per heavy atom. The van der Waals surface area contributed by atoms with Crippen LogP contribution in [0.25, 0.3) is 0 Å². The van der Waals surface area contributed by atoms with E-state index in [9.17, 15) is 4.79 Å². The van der Waals surface area contributed by atoms with Crippen LogP contribution in [0, 0.1) is 13.8 Å². The maximum atomic E-state index is 12.0. The Morgan fingerprint density at radius 1 is 1.32 bits per heavy atom. The number of benzene rings is 1. The number of aryl methyl sites for hydroxylation is 2. The first-order chi connectivity index (χ1) is 8.99. The molecule has 0 spiro atoms. The summed E-state index contributed by atoms with van der Waals surface area (Å²) in [5, 5.41) is 7.84. The Balaban J connectivity index is 2.06. The molecule has 2 aromatic rings. The van der Waals surface area contributed by atoms with Gasteiger partial charge >= 0.3 is 0 Å². The summed E-state index contributed by atoms with van der Waals surface area (Å²) in [6.45, 7) is 4.41. The lowest BCUT2D eigenvalue weighted by Gasteiger charge is -2.06. The van der Waals surface area contributed by atoms with E-state index in [2.05, 4.69) is 10.4 Å². The van der Waals surface area contributed by atoms with Crippen molar-refractivity contribution in [3.63, 3.8) is 0 Å². The highest BCUT2D eigenvalue weighted by Gasteiger charge is 2.11. The van der Waals surface area contributed by atoms with E-state index in [4.69, 9.17) is 11.6 Å². The van der Waals surface area contributed by atoms with E-state index in [1.807, 2.05) is 25.6 Å². The van der Waals surface area contributed by atoms with Crippen LogP contribution in [0.3, 0.4) is 0 Å². The van der Waals surface area contributed by atoms with Gasteiger partial charge in [0.1, 0.15) is 0 Å². The average molecular weight is 278 g/mol. The van der Waals surface area contributed by atoms with Gasteiger partial charge in [-0.1, -0.05) is 11.6 Å². The lowest BCUT2D eigenvalue weighted by atomic mass is 10.1. The molecular weight excluding hydrogens is 262 g/mol. The summed E-state index contributed by atoms with van der Waals surface area (Å²) >= 11 is 5.79. The molecule has 1 aromatic heterocycles. The summed E-state index contributed by atoms with van der Waals surface area (Å²) in [5.74, 6) is -0.112.